The van der Waals surface area contributed by atoms with E-state index in [0.717, 1.165) is 17.7 Å². The van der Waals surface area contributed by atoms with E-state index < -0.39 is 21.7 Å². The van der Waals surface area contributed by atoms with Gasteiger partial charge in [-0.25, -0.2) is 27.6 Å². The summed E-state index contributed by atoms with van der Waals surface area (Å²) in [6, 6.07) is 9.68. The summed E-state index contributed by atoms with van der Waals surface area (Å²) in [5, 5.41) is 34.2. The number of hydroxylamine groups is 1. The number of benzene rings is 2. The van der Waals surface area contributed by atoms with Crippen LogP contribution >= 0.6 is 11.6 Å². The zero-order valence-corrected chi connectivity index (χ0v) is 17.5. The molecule has 13 heteroatoms. The first-order chi connectivity index (χ1) is 14.7. The van der Waals surface area contributed by atoms with Crippen LogP contribution in [0.4, 0.5) is 10.1 Å². The Labute approximate surface area is 181 Å². The molecule has 0 radical (unpaired) electrons. The first-order valence-corrected chi connectivity index (χ1v) is 10.8. The van der Waals surface area contributed by atoms with Gasteiger partial charge in [0.15, 0.2) is 11.5 Å². The van der Waals surface area contributed by atoms with E-state index in [-0.39, 0.29) is 33.5 Å². The number of halogens is 2. The molecule has 0 unspecified atom stereocenters. The Bertz CT molecular complexity index is 1190. The van der Waals surface area contributed by atoms with E-state index >= 15 is 0 Å². The highest BCUT2D eigenvalue weighted by Crippen LogP contribution is 2.23. The molecule has 5 N–H and O–H groups in total. The lowest BCUT2D eigenvalue weighted by atomic mass is 10.1. The van der Waals surface area contributed by atoms with Gasteiger partial charge in [0, 0.05) is 6.54 Å². The summed E-state index contributed by atoms with van der Waals surface area (Å²) in [5.41, 5.74) is 1.23. The minimum Gasteiger partial charge on any atom is -0.311 e. The van der Waals surface area contributed by atoms with Gasteiger partial charge in [0.1, 0.15) is 11.5 Å². The standard InChI is InChI=1S/C18H18ClFN6O4S/c19-14-9-12(3-6-15(14)20)26(27)18(21)17-16(24-30-25-17)10-23-8-7-11-1-4-13(5-2-11)31(22,28)29/h1-6,9,21,23,27H,7-8,10H2,(H2,22,28,29). The molecule has 0 saturated heterocycles. The van der Waals surface area contributed by atoms with Gasteiger partial charge in [0.25, 0.3) is 0 Å². The van der Waals surface area contributed by atoms with Crippen LogP contribution in [-0.4, -0.2) is 36.3 Å². The molecule has 0 bridgehead atoms. The maximum Gasteiger partial charge on any atom is 0.238 e. The number of nitrogens with zero attached hydrogens (tertiary/aromatic N) is 3. The highest BCUT2D eigenvalue weighted by molar-refractivity contribution is 7.89. The third-order valence-corrected chi connectivity index (χ3v) is 5.49. The molecule has 3 aromatic rings. The smallest absolute Gasteiger partial charge is 0.238 e. The molecule has 1 heterocycles. The van der Waals surface area contributed by atoms with Crippen LogP contribution in [0.1, 0.15) is 17.0 Å². The molecule has 0 aliphatic rings. The van der Waals surface area contributed by atoms with E-state index in [4.69, 9.17) is 22.1 Å². The van der Waals surface area contributed by atoms with E-state index in [1.54, 1.807) is 12.1 Å². The van der Waals surface area contributed by atoms with E-state index in [0.29, 0.717) is 18.0 Å². The van der Waals surface area contributed by atoms with E-state index in [1.807, 2.05) is 0 Å². The summed E-state index contributed by atoms with van der Waals surface area (Å²) < 4.78 is 40.5. The molecule has 0 saturated carbocycles. The average Bonchev–Trinajstić information content (AvgIpc) is 3.20. The molecule has 0 aliphatic carbocycles. The number of anilines is 1. The minimum absolute atomic E-state index is 0.00653. The van der Waals surface area contributed by atoms with Crippen molar-refractivity contribution in [2.75, 3.05) is 11.6 Å². The Morgan fingerprint density at radius 1 is 1.26 bits per heavy atom. The summed E-state index contributed by atoms with van der Waals surface area (Å²) >= 11 is 5.71. The molecule has 0 spiro atoms. The Morgan fingerprint density at radius 2 is 1.97 bits per heavy atom. The van der Waals surface area contributed by atoms with Crippen molar-refractivity contribution in [3.05, 3.63) is 70.3 Å². The number of hydrogen-bond acceptors (Lipinski definition) is 8. The molecule has 31 heavy (non-hydrogen) atoms. The number of rotatable bonds is 8. The normalized spacial score (nSPS) is 11.5. The predicted molar refractivity (Wildman–Crippen MR) is 110 cm³/mol. The molecule has 0 atom stereocenters. The molecule has 0 amide bonds. The number of hydrogen-bond donors (Lipinski definition) is 4. The zero-order chi connectivity index (χ0) is 22.6. The number of sulfonamides is 1. The van der Waals surface area contributed by atoms with Gasteiger partial charge in [-0.1, -0.05) is 28.9 Å². The van der Waals surface area contributed by atoms with Crippen LogP contribution in [0.5, 0.6) is 0 Å². The van der Waals surface area contributed by atoms with Gasteiger partial charge in [-0.2, -0.15) is 0 Å². The van der Waals surface area contributed by atoms with Crippen LogP contribution < -0.4 is 15.5 Å². The van der Waals surface area contributed by atoms with Crippen molar-refractivity contribution in [3.8, 4) is 0 Å². The molecule has 2 aromatic carbocycles. The van der Waals surface area contributed by atoms with Gasteiger partial charge in [-0.3, -0.25) is 10.6 Å². The van der Waals surface area contributed by atoms with Gasteiger partial charge in [0.05, 0.1) is 15.6 Å². The van der Waals surface area contributed by atoms with Crippen molar-refractivity contribution in [1.29, 1.82) is 5.41 Å². The molecular formula is C18H18ClFN6O4S. The Kier molecular flexibility index (Phi) is 6.97. The number of nitrogens with one attached hydrogen (secondary N) is 2. The predicted octanol–water partition coefficient (Wildman–Crippen LogP) is 2.06. The van der Waals surface area contributed by atoms with Crippen LogP contribution in [0.2, 0.25) is 5.02 Å². The second-order valence-corrected chi connectivity index (χ2v) is 8.40. The number of primary sulfonamides is 1. The first kappa shape index (κ1) is 22.8. The van der Waals surface area contributed by atoms with Gasteiger partial charge >= 0.3 is 0 Å². The minimum atomic E-state index is -3.73. The van der Waals surface area contributed by atoms with Crippen LogP contribution in [0, 0.1) is 11.2 Å². The Morgan fingerprint density at radius 3 is 2.61 bits per heavy atom. The fourth-order valence-electron chi connectivity index (χ4n) is 2.63. The van der Waals surface area contributed by atoms with Crippen molar-refractivity contribution < 1.29 is 22.6 Å². The second kappa shape index (κ2) is 9.49. The highest BCUT2D eigenvalue weighted by Gasteiger charge is 2.21. The summed E-state index contributed by atoms with van der Waals surface area (Å²) in [4.78, 5) is 0.0389. The van der Waals surface area contributed by atoms with E-state index in [9.17, 15) is 18.0 Å². The lowest BCUT2D eigenvalue weighted by molar-refractivity contribution is 0.297. The molecule has 164 valence electrons. The topological polar surface area (TPSA) is 158 Å². The molecule has 1 aromatic heterocycles. The van der Waals surface area contributed by atoms with Crippen LogP contribution in [0.15, 0.2) is 52.0 Å². The SMILES string of the molecule is N=C(c1nonc1CNCCc1ccc(S(N)(=O)=O)cc1)N(O)c1ccc(F)c(Cl)c1. The van der Waals surface area contributed by atoms with Crippen molar-refractivity contribution in [2.45, 2.75) is 17.9 Å². The third kappa shape index (κ3) is 5.62. The maximum atomic E-state index is 13.3. The second-order valence-electron chi connectivity index (χ2n) is 6.43. The first-order valence-electron chi connectivity index (χ1n) is 8.83. The lowest BCUT2D eigenvalue weighted by Crippen LogP contribution is -2.29. The van der Waals surface area contributed by atoms with Crippen molar-refractivity contribution in [2.24, 2.45) is 5.14 Å². The van der Waals surface area contributed by atoms with Crippen molar-refractivity contribution >= 4 is 33.1 Å². The lowest BCUT2D eigenvalue weighted by Gasteiger charge is -2.16. The molecule has 10 nitrogen and oxygen atoms in total. The fraction of sp³-hybridized carbons (Fsp3) is 0.167. The van der Waals surface area contributed by atoms with Crippen molar-refractivity contribution in [3.63, 3.8) is 0 Å². The summed E-state index contributed by atoms with van der Waals surface area (Å²) in [7, 11) is -3.73. The highest BCUT2D eigenvalue weighted by atomic mass is 35.5. The number of aromatic nitrogens is 2. The zero-order valence-electron chi connectivity index (χ0n) is 15.9. The quantitative estimate of drug-likeness (QED) is 0.169. The van der Waals surface area contributed by atoms with E-state index in [2.05, 4.69) is 20.3 Å². The number of amidine groups is 1. The van der Waals surface area contributed by atoms with Gasteiger partial charge in [0.2, 0.25) is 10.0 Å². The number of nitrogens with two attached hydrogens (primary N) is 1. The Balaban J connectivity index is 1.57. The summed E-state index contributed by atoms with van der Waals surface area (Å²) in [6.07, 6.45) is 0.586. The largest absolute Gasteiger partial charge is 0.311 e. The summed E-state index contributed by atoms with van der Waals surface area (Å²) in [5.74, 6) is -1.09. The van der Waals surface area contributed by atoms with Gasteiger partial charge in [-0.05, 0) is 54.0 Å². The summed E-state index contributed by atoms with van der Waals surface area (Å²) in [6.45, 7) is 0.694. The van der Waals surface area contributed by atoms with Gasteiger partial charge < -0.3 is 5.32 Å². The molecule has 0 fully saturated rings. The van der Waals surface area contributed by atoms with Gasteiger partial charge in [-0.15, -0.1) is 0 Å². The molecular weight excluding hydrogens is 451 g/mol. The fourth-order valence-corrected chi connectivity index (χ4v) is 3.32. The van der Waals surface area contributed by atoms with Crippen LogP contribution in [0.25, 0.3) is 0 Å². The van der Waals surface area contributed by atoms with Crippen molar-refractivity contribution in [1.82, 2.24) is 15.6 Å². The van der Waals surface area contributed by atoms with Crippen LogP contribution in [0.3, 0.4) is 0 Å². The average molecular weight is 469 g/mol. The molecule has 3 rings (SSSR count). The monoisotopic (exact) mass is 468 g/mol. The maximum absolute atomic E-state index is 13.3. The third-order valence-electron chi connectivity index (χ3n) is 4.28. The van der Waals surface area contributed by atoms with E-state index in [1.165, 1.54) is 18.2 Å². The Hall–Kier alpha value is -2.90. The van der Waals surface area contributed by atoms with Crippen LogP contribution in [-0.2, 0) is 23.0 Å². The molecule has 0 aliphatic heterocycles.